The van der Waals surface area contributed by atoms with Crippen LogP contribution in [0.25, 0.3) is 5.69 Å². The van der Waals surface area contributed by atoms with Crippen molar-refractivity contribution in [3.63, 3.8) is 0 Å². The summed E-state index contributed by atoms with van der Waals surface area (Å²) in [5.74, 6) is -1.01. The molecule has 0 aliphatic rings. The lowest BCUT2D eigenvalue weighted by atomic mass is 10.1. The Bertz CT molecular complexity index is 544. The van der Waals surface area contributed by atoms with E-state index >= 15 is 0 Å². The first-order chi connectivity index (χ1) is 7.58. The van der Waals surface area contributed by atoms with Gasteiger partial charge in [-0.15, -0.1) is 0 Å². The van der Waals surface area contributed by atoms with Gasteiger partial charge in [-0.05, 0) is 37.1 Å². The Kier molecular flexibility index (Phi) is 2.48. The first-order valence-corrected chi connectivity index (χ1v) is 4.93. The number of carboxylic acid groups (broad SMARTS) is 1. The molecule has 0 saturated carbocycles. The van der Waals surface area contributed by atoms with Gasteiger partial charge in [-0.25, -0.2) is 9.78 Å². The second-order valence-corrected chi connectivity index (χ2v) is 3.74. The number of nitrogens with zero attached hydrogens (tertiary/aromatic N) is 2. The Labute approximate surface area is 93.2 Å². The molecular formula is C12H12N2O2. The normalized spacial score (nSPS) is 10.4. The van der Waals surface area contributed by atoms with Crippen LogP contribution in [0, 0.1) is 13.8 Å². The van der Waals surface area contributed by atoms with Gasteiger partial charge in [-0.1, -0.05) is 6.07 Å². The minimum absolute atomic E-state index is 0.0539. The Morgan fingerprint density at radius 1 is 1.31 bits per heavy atom. The quantitative estimate of drug-likeness (QED) is 0.837. The maximum atomic E-state index is 10.7. The number of rotatable bonds is 2. The number of carboxylic acids is 1. The number of benzene rings is 1. The lowest BCUT2D eigenvalue weighted by Gasteiger charge is -2.05. The number of imidazole rings is 1. The zero-order valence-electron chi connectivity index (χ0n) is 9.14. The minimum Gasteiger partial charge on any atom is -0.476 e. The fourth-order valence-corrected chi connectivity index (χ4v) is 1.46. The fourth-order valence-electron chi connectivity index (χ4n) is 1.46. The largest absolute Gasteiger partial charge is 0.476 e. The average Bonchev–Trinajstić information content (AvgIpc) is 2.71. The van der Waals surface area contributed by atoms with Crippen LogP contribution in [-0.2, 0) is 0 Å². The number of aryl methyl sites for hydroxylation is 2. The zero-order chi connectivity index (χ0) is 11.7. The van der Waals surface area contributed by atoms with Crippen LogP contribution in [0.1, 0.15) is 21.6 Å². The molecule has 1 aromatic heterocycles. The van der Waals surface area contributed by atoms with E-state index in [-0.39, 0.29) is 5.69 Å². The van der Waals surface area contributed by atoms with E-state index in [4.69, 9.17) is 5.11 Å². The van der Waals surface area contributed by atoms with E-state index in [1.807, 2.05) is 32.0 Å². The molecule has 0 aliphatic carbocycles. The van der Waals surface area contributed by atoms with Crippen molar-refractivity contribution in [3.05, 3.63) is 47.5 Å². The standard InChI is InChI=1S/C12H12N2O2/c1-8-3-4-10(5-9(8)2)14-6-11(12(15)16)13-7-14/h3-7H,1-2H3,(H,15,16). The van der Waals surface area contributed by atoms with Gasteiger partial charge in [0.05, 0.1) is 0 Å². The SMILES string of the molecule is Cc1ccc(-n2cnc(C(=O)O)c2)cc1C. The van der Waals surface area contributed by atoms with E-state index in [0.717, 1.165) is 5.69 Å². The van der Waals surface area contributed by atoms with Gasteiger partial charge in [0.15, 0.2) is 5.69 Å². The zero-order valence-corrected chi connectivity index (χ0v) is 9.14. The highest BCUT2D eigenvalue weighted by Gasteiger charge is 2.07. The fraction of sp³-hybridized carbons (Fsp3) is 0.167. The molecule has 16 heavy (non-hydrogen) atoms. The van der Waals surface area contributed by atoms with Crippen LogP contribution in [0.2, 0.25) is 0 Å². The summed E-state index contributed by atoms with van der Waals surface area (Å²) >= 11 is 0. The molecule has 0 aliphatic heterocycles. The summed E-state index contributed by atoms with van der Waals surface area (Å²) < 4.78 is 1.70. The van der Waals surface area contributed by atoms with Gasteiger partial charge < -0.3 is 9.67 Å². The van der Waals surface area contributed by atoms with Gasteiger partial charge in [0.1, 0.15) is 6.33 Å². The van der Waals surface area contributed by atoms with Gasteiger partial charge in [0.25, 0.3) is 0 Å². The van der Waals surface area contributed by atoms with E-state index in [1.54, 1.807) is 4.57 Å². The van der Waals surface area contributed by atoms with Gasteiger partial charge in [-0.3, -0.25) is 0 Å². The van der Waals surface area contributed by atoms with Crippen LogP contribution in [0.5, 0.6) is 0 Å². The van der Waals surface area contributed by atoms with Crippen LogP contribution in [0.15, 0.2) is 30.7 Å². The van der Waals surface area contributed by atoms with E-state index in [1.165, 1.54) is 23.7 Å². The highest BCUT2D eigenvalue weighted by atomic mass is 16.4. The Balaban J connectivity index is 2.42. The van der Waals surface area contributed by atoms with E-state index in [9.17, 15) is 4.79 Å². The van der Waals surface area contributed by atoms with E-state index in [0.29, 0.717) is 0 Å². The van der Waals surface area contributed by atoms with Crippen molar-refractivity contribution in [1.82, 2.24) is 9.55 Å². The molecule has 0 amide bonds. The molecule has 1 N–H and O–H groups in total. The van der Waals surface area contributed by atoms with Crippen molar-refractivity contribution in [2.45, 2.75) is 13.8 Å². The molecule has 2 rings (SSSR count). The van der Waals surface area contributed by atoms with E-state index < -0.39 is 5.97 Å². The molecule has 0 unspecified atom stereocenters. The van der Waals surface area contributed by atoms with Crippen LogP contribution < -0.4 is 0 Å². The summed E-state index contributed by atoms with van der Waals surface area (Å²) in [5, 5.41) is 8.77. The molecule has 0 saturated heterocycles. The maximum absolute atomic E-state index is 10.7. The number of hydrogen-bond donors (Lipinski definition) is 1. The second kappa shape index (κ2) is 3.81. The number of carbonyl (C=O) groups is 1. The third-order valence-electron chi connectivity index (χ3n) is 2.59. The molecule has 4 heteroatoms. The molecule has 82 valence electrons. The molecule has 1 heterocycles. The molecular weight excluding hydrogens is 204 g/mol. The van der Waals surface area contributed by atoms with Gasteiger partial charge in [0.2, 0.25) is 0 Å². The summed E-state index contributed by atoms with van der Waals surface area (Å²) in [4.78, 5) is 14.5. The Morgan fingerprint density at radius 2 is 2.06 bits per heavy atom. The molecule has 1 aromatic carbocycles. The number of hydrogen-bond acceptors (Lipinski definition) is 2. The van der Waals surface area contributed by atoms with Gasteiger partial charge in [0, 0.05) is 11.9 Å². The Morgan fingerprint density at radius 3 is 2.62 bits per heavy atom. The lowest BCUT2D eigenvalue weighted by Crippen LogP contribution is -1.96. The van der Waals surface area contributed by atoms with Crippen molar-refractivity contribution in [3.8, 4) is 5.69 Å². The van der Waals surface area contributed by atoms with E-state index in [2.05, 4.69) is 4.98 Å². The predicted octanol–water partition coefficient (Wildman–Crippen LogP) is 2.19. The van der Waals surface area contributed by atoms with Crippen LogP contribution in [-0.4, -0.2) is 20.6 Å². The summed E-state index contributed by atoms with van der Waals surface area (Å²) in [6, 6.07) is 5.95. The molecule has 0 atom stereocenters. The van der Waals surface area contributed by atoms with Gasteiger partial charge in [-0.2, -0.15) is 0 Å². The molecule has 0 spiro atoms. The minimum atomic E-state index is -1.01. The van der Waals surface area contributed by atoms with Crippen molar-refractivity contribution >= 4 is 5.97 Å². The molecule has 0 fully saturated rings. The molecule has 2 aromatic rings. The lowest BCUT2D eigenvalue weighted by molar-refractivity contribution is 0.0691. The number of aromatic carboxylic acids is 1. The van der Waals surface area contributed by atoms with Crippen molar-refractivity contribution in [2.75, 3.05) is 0 Å². The third-order valence-corrected chi connectivity index (χ3v) is 2.59. The summed E-state index contributed by atoms with van der Waals surface area (Å²) in [5.41, 5.74) is 3.35. The van der Waals surface area contributed by atoms with Crippen LogP contribution >= 0.6 is 0 Å². The smallest absolute Gasteiger partial charge is 0.356 e. The summed E-state index contributed by atoms with van der Waals surface area (Å²) in [6.45, 7) is 4.06. The van der Waals surface area contributed by atoms with Crippen molar-refractivity contribution < 1.29 is 9.90 Å². The van der Waals surface area contributed by atoms with Crippen molar-refractivity contribution in [1.29, 1.82) is 0 Å². The maximum Gasteiger partial charge on any atom is 0.356 e. The third kappa shape index (κ3) is 1.82. The first-order valence-electron chi connectivity index (χ1n) is 4.93. The van der Waals surface area contributed by atoms with Crippen LogP contribution in [0.4, 0.5) is 0 Å². The van der Waals surface area contributed by atoms with Gasteiger partial charge >= 0.3 is 5.97 Å². The summed E-state index contributed by atoms with van der Waals surface area (Å²) in [7, 11) is 0. The molecule has 4 nitrogen and oxygen atoms in total. The Hall–Kier alpha value is -2.10. The topological polar surface area (TPSA) is 55.1 Å². The molecule has 0 bridgehead atoms. The highest BCUT2D eigenvalue weighted by Crippen LogP contribution is 2.14. The van der Waals surface area contributed by atoms with Crippen molar-refractivity contribution in [2.24, 2.45) is 0 Å². The first kappa shape index (κ1) is 10.4. The second-order valence-electron chi connectivity index (χ2n) is 3.74. The average molecular weight is 216 g/mol. The monoisotopic (exact) mass is 216 g/mol. The highest BCUT2D eigenvalue weighted by molar-refractivity contribution is 5.85. The summed E-state index contributed by atoms with van der Waals surface area (Å²) in [6.07, 6.45) is 3.01. The molecule has 0 radical (unpaired) electrons. The predicted molar refractivity (Wildman–Crippen MR) is 60.0 cm³/mol. The number of aromatic nitrogens is 2. The van der Waals surface area contributed by atoms with Crippen LogP contribution in [0.3, 0.4) is 0 Å².